The zero-order valence-electron chi connectivity index (χ0n) is 35.4. The lowest BCUT2D eigenvalue weighted by Gasteiger charge is -2.28. The summed E-state index contributed by atoms with van der Waals surface area (Å²) in [4.78, 5) is 4.32. The van der Waals surface area contributed by atoms with E-state index in [1.54, 1.807) is 0 Å². The molecule has 0 saturated heterocycles. The third kappa shape index (κ3) is 5.60. The van der Waals surface area contributed by atoms with Crippen molar-refractivity contribution < 1.29 is 17.6 Å². The third-order valence-electron chi connectivity index (χ3n) is 13.5. The fourth-order valence-corrected chi connectivity index (χ4v) is 10.7. The molecule has 0 fully saturated rings. The van der Waals surface area contributed by atoms with Gasteiger partial charge in [-0.1, -0.05) is 111 Å². The fourth-order valence-electron chi connectivity index (χ4n) is 10.7. The van der Waals surface area contributed by atoms with E-state index in [9.17, 15) is 8.78 Å². The van der Waals surface area contributed by atoms with E-state index in [4.69, 9.17) is 8.83 Å². The molecule has 0 unspecified atom stereocenters. The lowest BCUT2D eigenvalue weighted by Crippen LogP contribution is -2.16. The summed E-state index contributed by atoms with van der Waals surface area (Å²) in [5.41, 5.74) is 13.1. The summed E-state index contributed by atoms with van der Waals surface area (Å²) >= 11 is 0. The highest BCUT2D eigenvalue weighted by atomic mass is 19.1. The Balaban J connectivity index is 0.937. The number of halogens is 2. The van der Waals surface area contributed by atoms with Gasteiger partial charge in [0.15, 0.2) is 11.2 Å². The maximum atomic E-state index is 14.4. The molecular weight excluding hydrogens is 807 g/mol. The number of furan rings is 2. The lowest BCUT2D eigenvalue weighted by molar-refractivity contribution is 0.627. The summed E-state index contributed by atoms with van der Waals surface area (Å²) in [6.45, 7) is 4.66. The molecule has 0 bridgehead atoms. The summed E-state index contributed by atoms with van der Waals surface area (Å²) < 4.78 is 41.9. The number of nitrogens with zero attached hydrogens (tertiary/aromatic N) is 2. The van der Waals surface area contributed by atoms with Gasteiger partial charge in [-0.3, -0.25) is 0 Å². The molecule has 0 N–H and O–H groups in total. The Kier molecular flexibility index (Phi) is 7.98. The molecule has 0 atom stereocenters. The predicted molar refractivity (Wildman–Crippen MR) is 263 cm³/mol. The molecule has 2 aromatic heterocycles. The maximum Gasteiger partial charge on any atom is 0.159 e. The van der Waals surface area contributed by atoms with E-state index in [2.05, 4.69) is 133 Å². The van der Waals surface area contributed by atoms with Crippen LogP contribution in [-0.4, -0.2) is 0 Å². The largest absolute Gasteiger partial charge is 0.454 e. The minimum absolute atomic E-state index is 0.291. The highest BCUT2D eigenvalue weighted by Gasteiger charge is 2.38. The Bertz CT molecular complexity index is 3650. The Morgan fingerprint density at radius 2 is 0.769 bits per heavy atom. The summed E-state index contributed by atoms with van der Waals surface area (Å²) in [5, 5.41) is 8.71. The summed E-state index contributed by atoms with van der Waals surface area (Å²) in [6, 6.07) is 64.1. The van der Waals surface area contributed by atoms with Gasteiger partial charge in [0.2, 0.25) is 0 Å². The van der Waals surface area contributed by atoms with Crippen LogP contribution in [0.25, 0.3) is 76.5 Å². The van der Waals surface area contributed by atoms with Gasteiger partial charge in [-0.15, -0.1) is 0 Å². The number of hydrogen-bond donors (Lipinski definition) is 0. The number of para-hydroxylation sites is 4. The van der Waals surface area contributed by atoms with Crippen molar-refractivity contribution >= 4 is 99.5 Å². The number of hydrogen-bond acceptors (Lipinski definition) is 4. The Morgan fingerprint density at radius 1 is 0.369 bits per heavy atom. The molecular formula is C59H38F2N2O2. The van der Waals surface area contributed by atoms with Crippen LogP contribution in [0, 0.1) is 11.6 Å². The zero-order valence-corrected chi connectivity index (χ0v) is 35.4. The number of benzene rings is 10. The summed E-state index contributed by atoms with van der Waals surface area (Å²) in [6.07, 6.45) is 0. The summed E-state index contributed by atoms with van der Waals surface area (Å²) in [5.74, 6) is -0.582. The summed E-state index contributed by atoms with van der Waals surface area (Å²) in [7, 11) is 0. The van der Waals surface area contributed by atoms with Crippen LogP contribution in [0.15, 0.2) is 203 Å². The number of rotatable bonds is 6. The first-order valence-electron chi connectivity index (χ1n) is 21.9. The Hall–Kier alpha value is -8.22. The van der Waals surface area contributed by atoms with Crippen LogP contribution < -0.4 is 9.80 Å². The first kappa shape index (κ1) is 37.3. The van der Waals surface area contributed by atoms with E-state index in [0.29, 0.717) is 0 Å². The molecule has 0 amide bonds. The quantitative estimate of drug-likeness (QED) is 0.167. The molecule has 1 aliphatic rings. The van der Waals surface area contributed by atoms with E-state index in [0.717, 1.165) is 88.8 Å². The lowest BCUT2D eigenvalue weighted by atomic mass is 9.78. The van der Waals surface area contributed by atoms with Gasteiger partial charge in [0, 0.05) is 49.7 Å². The molecule has 0 aliphatic heterocycles. The SMILES string of the molecule is CC1(C)c2c(ccc3cc(N(c4ccc(F)cc4)c4cccc5c4oc4ccccc45)ccc23)-c2ccc3cc(N(c4ccc(F)cc4)c4cccc5c4oc4ccccc45)ccc3c21. The Labute approximate surface area is 372 Å². The van der Waals surface area contributed by atoms with Crippen molar-refractivity contribution in [2.75, 3.05) is 9.80 Å². The minimum atomic E-state index is -0.347. The second kappa shape index (κ2) is 13.9. The molecule has 4 nitrogen and oxygen atoms in total. The van der Waals surface area contributed by atoms with Crippen molar-refractivity contribution in [2.45, 2.75) is 19.3 Å². The molecule has 0 radical (unpaired) electrons. The van der Waals surface area contributed by atoms with Crippen LogP contribution in [-0.2, 0) is 5.41 Å². The monoisotopic (exact) mass is 844 g/mol. The van der Waals surface area contributed by atoms with Crippen molar-refractivity contribution in [1.29, 1.82) is 0 Å². The maximum absolute atomic E-state index is 14.4. The number of fused-ring (bicyclic) bond motifs is 13. The van der Waals surface area contributed by atoms with Crippen LogP contribution >= 0.6 is 0 Å². The smallest absolute Gasteiger partial charge is 0.159 e. The molecule has 10 aromatic carbocycles. The van der Waals surface area contributed by atoms with Crippen molar-refractivity contribution in [1.82, 2.24) is 0 Å². The number of anilines is 6. The minimum Gasteiger partial charge on any atom is -0.454 e. The first-order valence-corrected chi connectivity index (χ1v) is 21.9. The van der Waals surface area contributed by atoms with Crippen LogP contribution in [0.3, 0.4) is 0 Å². The topological polar surface area (TPSA) is 32.8 Å². The van der Waals surface area contributed by atoms with Gasteiger partial charge in [0.1, 0.15) is 22.8 Å². The van der Waals surface area contributed by atoms with E-state index in [1.807, 2.05) is 60.7 Å². The van der Waals surface area contributed by atoms with E-state index in [1.165, 1.54) is 57.3 Å². The first-order chi connectivity index (χ1) is 31.8. The molecule has 2 heterocycles. The second-order valence-corrected chi connectivity index (χ2v) is 17.5. The molecule has 0 spiro atoms. The van der Waals surface area contributed by atoms with Crippen LogP contribution in [0.2, 0.25) is 0 Å². The Morgan fingerprint density at radius 3 is 1.22 bits per heavy atom. The third-order valence-corrected chi connectivity index (χ3v) is 13.5. The van der Waals surface area contributed by atoms with Gasteiger partial charge < -0.3 is 18.6 Å². The van der Waals surface area contributed by atoms with Gasteiger partial charge in [-0.05, 0) is 141 Å². The highest BCUT2D eigenvalue weighted by molar-refractivity contribution is 6.12. The molecule has 6 heteroatoms. The van der Waals surface area contributed by atoms with Gasteiger partial charge in [-0.25, -0.2) is 8.78 Å². The molecule has 65 heavy (non-hydrogen) atoms. The zero-order chi connectivity index (χ0) is 43.6. The normalized spacial score (nSPS) is 13.0. The van der Waals surface area contributed by atoms with Crippen LogP contribution in [0.1, 0.15) is 25.0 Å². The van der Waals surface area contributed by atoms with Crippen molar-refractivity contribution in [3.05, 3.63) is 217 Å². The van der Waals surface area contributed by atoms with Crippen molar-refractivity contribution in [3.8, 4) is 11.1 Å². The van der Waals surface area contributed by atoms with Gasteiger partial charge in [0.05, 0.1) is 11.4 Å². The van der Waals surface area contributed by atoms with Gasteiger partial charge in [-0.2, -0.15) is 0 Å². The highest BCUT2D eigenvalue weighted by Crippen LogP contribution is 2.55. The van der Waals surface area contributed by atoms with Crippen molar-refractivity contribution in [2.24, 2.45) is 0 Å². The van der Waals surface area contributed by atoms with Crippen LogP contribution in [0.5, 0.6) is 0 Å². The second-order valence-electron chi connectivity index (χ2n) is 17.5. The van der Waals surface area contributed by atoms with Crippen LogP contribution in [0.4, 0.5) is 42.9 Å². The average molecular weight is 845 g/mol. The molecule has 12 aromatic rings. The van der Waals surface area contributed by atoms with E-state index < -0.39 is 0 Å². The predicted octanol–water partition coefficient (Wildman–Crippen LogP) is 17.3. The fraction of sp³-hybridized carbons (Fsp3) is 0.0508. The molecule has 310 valence electrons. The van der Waals surface area contributed by atoms with Gasteiger partial charge >= 0.3 is 0 Å². The van der Waals surface area contributed by atoms with Gasteiger partial charge in [0.25, 0.3) is 0 Å². The van der Waals surface area contributed by atoms with E-state index in [-0.39, 0.29) is 17.0 Å². The van der Waals surface area contributed by atoms with E-state index >= 15 is 0 Å². The molecule has 13 rings (SSSR count). The standard InChI is InChI=1S/C59H38F2N2O2/c1-59(2)55-43-31-27-41(62(39-23-19-37(60)20-24-39)51-13-7-11-49-45-9-3-5-15-53(45)64-57(49)51)33-35(43)17-29-47(55)48-30-18-36-34-42(28-32-44(36)56(48)59)63(40-25-21-38(61)22-26-40)52-14-8-12-50-46-10-4-6-16-54(46)65-58(50)52/h3-34H,1-2H3. The molecule has 1 aliphatic carbocycles. The van der Waals surface area contributed by atoms with Crippen molar-refractivity contribution in [3.63, 3.8) is 0 Å². The average Bonchev–Trinajstić information content (AvgIpc) is 3.99. The molecule has 0 saturated carbocycles.